The predicted octanol–water partition coefficient (Wildman–Crippen LogP) is 0.376. The largest absolute Gasteiger partial charge is 0.507 e. The van der Waals surface area contributed by atoms with E-state index >= 15 is 0 Å². The highest BCUT2D eigenvalue weighted by Gasteiger charge is 2.26. The van der Waals surface area contributed by atoms with Crippen LogP contribution < -0.4 is 16.5 Å². The van der Waals surface area contributed by atoms with E-state index in [1.54, 1.807) is 12.1 Å². The number of benzene rings is 1. The van der Waals surface area contributed by atoms with E-state index in [4.69, 9.17) is 9.84 Å². The first-order valence-corrected chi connectivity index (χ1v) is 7.78. The van der Waals surface area contributed by atoms with E-state index in [2.05, 4.69) is 15.8 Å². The van der Waals surface area contributed by atoms with E-state index in [0.717, 1.165) is 0 Å². The van der Waals surface area contributed by atoms with Crippen LogP contribution in [-0.4, -0.2) is 38.4 Å². The summed E-state index contributed by atoms with van der Waals surface area (Å²) in [5.74, 6) is -0.558. The molecule has 1 aromatic heterocycles. The van der Waals surface area contributed by atoms with E-state index in [-0.39, 0.29) is 29.8 Å². The summed E-state index contributed by atoms with van der Waals surface area (Å²) in [4.78, 5) is 27.9. The third kappa shape index (κ3) is 3.78. The second-order valence-corrected chi connectivity index (χ2v) is 5.57. The van der Waals surface area contributed by atoms with Crippen LogP contribution in [0, 0.1) is 0 Å². The van der Waals surface area contributed by atoms with Crippen LogP contribution >= 0.6 is 0 Å². The van der Waals surface area contributed by atoms with Gasteiger partial charge in [-0.1, -0.05) is 12.1 Å². The number of nitrogens with one attached hydrogen (secondary N) is 2. The van der Waals surface area contributed by atoms with Gasteiger partial charge in [0.25, 0.3) is 5.91 Å². The summed E-state index contributed by atoms with van der Waals surface area (Å²) in [5.41, 5.74) is 4.46. The van der Waals surface area contributed by atoms with Gasteiger partial charge < -0.3 is 14.9 Å². The molecule has 2 heterocycles. The number of hydrogen-bond acceptors (Lipinski definition) is 7. The Morgan fingerprint density at radius 3 is 2.80 bits per heavy atom. The van der Waals surface area contributed by atoms with Gasteiger partial charge in [-0.2, -0.15) is 4.98 Å². The van der Waals surface area contributed by atoms with Crippen LogP contribution in [0.1, 0.15) is 29.4 Å². The summed E-state index contributed by atoms with van der Waals surface area (Å²) >= 11 is 0. The number of phenolic OH excluding ortho intramolecular Hbond substituents is 1. The molecule has 1 aliphatic heterocycles. The van der Waals surface area contributed by atoms with Gasteiger partial charge in [0, 0.05) is 6.20 Å². The average Bonchev–Trinajstić information content (AvgIpc) is 3.09. The lowest BCUT2D eigenvalue weighted by molar-refractivity contribution is -0.0245. The van der Waals surface area contributed by atoms with E-state index in [1.807, 2.05) is 0 Å². The molecule has 0 unspecified atom stereocenters. The highest BCUT2D eigenvalue weighted by atomic mass is 16.5. The van der Waals surface area contributed by atoms with Crippen LogP contribution in [0.15, 0.2) is 41.3 Å². The number of carbonyl (C=O) groups is 1. The van der Waals surface area contributed by atoms with Crippen LogP contribution in [-0.2, 0) is 4.74 Å². The Morgan fingerprint density at radius 2 is 2.12 bits per heavy atom. The van der Waals surface area contributed by atoms with Gasteiger partial charge in [0.2, 0.25) is 0 Å². The number of para-hydroxylation sites is 1. The number of carbonyl (C=O) groups excluding carboxylic acids is 1. The van der Waals surface area contributed by atoms with Gasteiger partial charge in [-0.3, -0.25) is 20.2 Å². The first-order valence-electron chi connectivity index (χ1n) is 7.78. The van der Waals surface area contributed by atoms with Gasteiger partial charge in [-0.15, -0.1) is 0 Å². The Morgan fingerprint density at radius 1 is 1.32 bits per heavy atom. The Labute approximate surface area is 142 Å². The monoisotopic (exact) mass is 346 g/mol. The number of amides is 1. The van der Waals surface area contributed by atoms with E-state index in [0.29, 0.717) is 12.8 Å². The predicted molar refractivity (Wildman–Crippen MR) is 87.9 cm³/mol. The number of anilines is 1. The number of aromatic nitrogens is 2. The third-order valence-electron chi connectivity index (χ3n) is 3.88. The van der Waals surface area contributed by atoms with Crippen LogP contribution in [0.4, 0.5) is 5.82 Å². The second kappa shape index (κ2) is 7.32. The molecule has 0 radical (unpaired) electrons. The Bertz CT molecular complexity index is 822. The minimum Gasteiger partial charge on any atom is -0.507 e. The molecule has 4 N–H and O–H groups in total. The summed E-state index contributed by atoms with van der Waals surface area (Å²) in [7, 11) is 0. The Balaban J connectivity index is 1.65. The zero-order valence-corrected chi connectivity index (χ0v) is 13.3. The molecule has 0 bridgehead atoms. The number of rotatable bonds is 5. The molecule has 3 rings (SSSR count). The number of ether oxygens (including phenoxy) is 1. The molecule has 2 aromatic rings. The van der Waals surface area contributed by atoms with Crippen molar-refractivity contribution in [2.24, 2.45) is 0 Å². The normalized spacial score (nSPS) is 19.6. The van der Waals surface area contributed by atoms with Crippen molar-refractivity contribution < 1.29 is 19.7 Å². The summed E-state index contributed by atoms with van der Waals surface area (Å²) in [6, 6.07) is 7.60. The Hall–Kier alpha value is -2.91. The summed E-state index contributed by atoms with van der Waals surface area (Å²) in [5, 5.41) is 18.7. The number of hydrazine groups is 1. The minimum atomic E-state index is -0.561. The van der Waals surface area contributed by atoms with Gasteiger partial charge in [-0.25, -0.2) is 4.79 Å². The molecule has 1 aliphatic rings. The van der Waals surface area contributed by atoms with Gasteiger partial charge in [0.1, 0.15) is 12.0 Å². The zero-order valence-electron chi connectivity index (χ0n) is 13.3. The minimum absolute atomic E-state index is 0.0866. The Kier molecular flexibility index (Phi) is 4.96. The van der Waals surface area contributed by atoms with E-state index < -0.39 is 17.8 Å². The first-order chi connectivity index (χ1) is 12.1. The number of nitrogens with zero attached hydrogens (tertiary/aromatic N) is 2. The van der Waals surface area contributed by atoms with Crippen molar-refractivity contribution in [1.82, 2.24) is 15.0 Å². The smallest absolute Gasteiger partial charge is 0.351 e. The molecule has 1 saturated heterocycles. The molecule has 0 spiro atoms. The molecule has 1 amide bonds. The highest BCUT2D eigenvalue weighted by Crippen LogP contribution is 2.26. The number of aliphatic hydroxyl groups excluding tert-OH is 1. The van der Waals surface area contributed by atoms with Crippen molar-refractivity contribution in [2.45, 2.75) is 25.2 Å². The summed E-state index contributed by atoms with van der Waals surface area (Å²) in [6.45, 7) is -0.0866. The zero-order chi connectivity index (χ0) is 17.8. The van der Waals surface area contributed by atoms with E-state index in [9.17, 15) is 14.7 Å². The average molecular weight is 346 g/mol. The standard InChI is InChI=1S/C16H18N4O5/c21-9-10-5-6-14(25-10)20-8-7-13(17-16(20)24)18-19-15(23)11-3-1-2-4-12(11)22/h1-4,7-8,10,14,21-22H,5-6,9H2,(H,19,23)(H,17,18,24)/t10-,14+/m0/s1. The van der Waals surface area contributed by atoms with E-state index in [1.165, 1.54) is 29.0 Å². The fraction of sp³-hybridized carbons (Fsp3) is 0.312. The van der Waals surface area contributed by atoms with Gasteiger partial charge >= 0.3 is 5.69 Å². The molecule has 25 heavy (non-hydrogen) atoms. The lowest BCUT2D eigenvalue weighted by Gasteiger charge is -2.15. The van der Waals surface area contributed by atoms with Gasteiger partial charge in [0.15, 0.2) is 5.82 Å². The molecule has 2 atom stereocenters. The molecular weight excluding hydrogens is 328 g/mol. The number of aliphatic hydroxyl groups is 1. The lowest BCUT2D eigenvalue weighted by atomic mass is 10.2. The summed E-state index contributed by atoms with van der Waals surface area (Å²) in [6.07, 6.45) is 2.07. The second-order valence-electron chi connectivity index (χ2n) is 5.57. The summed E-state index contributed by atoms with van der Waals surface area (Å²) < 4.78 is 6.88. The molecule has 1 aromatic carbocycles. The quantitative estimate of drug-likeness (QED) is 0.577. The number of aromatic hydroxyl groups is 1. The molecule has 1 fully saturated rings. The first kappa shape index (κ1) is 16.9. The van der Waals surface area contributed by atoms with Crippen LogP contribution in [0.2, 0.25) is 0 Å². The lowest BCUT2D eigenvalue weighted by Crippen LogP contribution is -2.33. The molecular formula is C16H18N4O5. The van der Waals surface area contributed by atoms with Crippen LogP contribution in [0.25, 0.3) is 0 Å². The topological polar surface area (TPSA) is 126 Å². The molecule has 9 heteroatoms. The van der Waals surface area contributed by atoms with Gasteiger partial charge in [0.05, 0.1) is 18.3 Å². The molecule has 0 aliphatic carbocycles. The number of hydrogen-bond donors (Lipinski definition) is 4. The molecule has 132 valence electrons. The maximum absolute atomic E-state index is 12.1. The van der Waals surface area contributed by atoms with Crippen molar-refractivity contribution in [3.63, 3.8) is 0 Å². The fourth-order valence-corrected chi connectivity index (χ4v) is 2.58. The van der Waals surface area contributed by atoms with Crippen molar-refractivity contribution in [1.29, 1.82) is 0 Å². The molecule has 9 nitrogen and oxygen atoms in total. The maximum Gasteiger partial charge on any atom is 0.351 e. The maximum atomic E-state index is 12.1. The fourth-order valence-electron chi connectivity index (χ4n) is 2.58. The number of phenols is 1. The molecule has 0 saturated carbocycles. The third-order valence-corrected chi connectivity index (χ3v) is 3.88. The van der Waals surface area contributed by atoms with Crippen molar-refractivity contribution in [3.8, 4) is 5.75 Å². The van der Waals surface area contributed by atoms with Crippen LogP contribution in [0.3, 0.4) is 0 Å². The van der Waals surface area contributed by atoms with Crippen molar-refractivity contribution >= 4 is 11.7 Å². The highest BCUT2D eigenvalue weighted by molar-refractivity contribution is 5.97. The van der Waals surface area contributed by atoms with Gasteiger partial charge in [-0.05, 0) is 31.0 Å². The van der Waals surface area contributed by atoms with Crippen molar-refractivity contribution in [3.05, 3.63) is 52.6 Å². The van der Waals surface area contributed by atoms with Crippen LogP contribution in [0.5, 0.6) is 5.75 Å². The SMILES string of the molecule is O=C(NNc1ccn([C@H]2CC[C@@H](CO)O2)c(=O)n1)c1ccccc1O. The van der Waals surface area contributed by atoms with Crippen molar-refractivity contribution in [2.75, 3.05) is 12.0 Å².